The summed E-state index contributed by atoms with van der Waals surface area (Å²) in [6.07, 6.45) is 3.44. The summed E-state index contributed by atoms with van der Waals surface area (Å²) in [6.45, 7) is 4.97. The number of para-hydroxylation sites is 1. The van der Waals surface area contributed by atoms with Crippen molar-refractivity contribution in [3.05, 3.63) is 66.2 Å². The zero-order valence-electron chi connectivity index (χ0n) is 21.0. The summed E-state index contributed by atoms with van der Waals surface area (Å²) in [5.74, 6) is -0.254. The number of ether oxygens (including phenoxy) is 3. The molecule has 2 saturated heterocycles. The molecule has 3 atom stereocenters. The van der Waals surface area contributed by atoms with E-state index in [9.17, 15) is 9.59 Å². The summed E-state index contributed by atoms with van der Waals surface area (Å²) in [5, 5.41) is 0. The van der Waals surface area contributed by atoms with Crippen LogP contribution in [0.15, 0.2) is 60.7 Å². The standard InChI is InChI=1S/C29H36N2O5/c1-2-15-31(28(33)36-25-11-7-4-8-12-25)27(32)24-18-23-19-29(34-16-17-35-29)14-13-26(23)30(21-24)20-22-9-5-3-6-10-22/h3-12,23-24,26H,2,13-21H2,1H3/t23-,24-,26-/m1/s1. The number of imide groups is 1. The number of amides is 2. The molecule has 1 saturated carbocycles. The van der Waals surface area contributed by atoms with Crippen molar-refractivity contribution in [2.75, 3.05) is 26.3 Å². The molecule has 2 aromatic carbocycles. The molecule has 5 rings (SSSR count). The van der Waals surface area contributed by atoms with Gasteiger partial charge in [0, 0.05) is 38.5 Å². The van der Waals surface area contributed by atoms with Gasteiger partial charge in [0.2, 0.25) is 5.91 Å². The lowest BCUT2D eigenvalue weighted by molar-refractivity contribution is -0.204. The van der Waals surface area contributed by atoms with E-state index in [0.29, 0.717) is 44.5 Å². The second kappa shape index (κ2) is 11.1. The van der Waals surface area contributed by atoms with Gasteiger partial charge in [0.25, 0.3) is 0 Å². The van der Waals surface area contributed by atoms with Crippen LogP contribution in [0.25, 0.3) is 0 Å². The fourth-order valence-corrected chi connectivity index (χ4v) is 6.14. The molecule has 7 nitrogen and oxygen atoms in total. The number of rotatable bonds is 6. The Labute approximate surface area is 213 Å². The minimum absolute atomic E-state index is 0.151. The highest BCUT2D eigenvalue weighted by Gasteiger charge is 2.50. The number of nitrogens with zero attached hydrogens (tertiary/aromatic N) is 2. The predicted molar refractivity (Wildman–Crippen MR) is 135 cm³/mol. The van der Waals surface area contributed by atoms with E-state index in [-0.39, 0.29) is 17.7 Å². The van der Waals surface area contributed by atoms with E-state index in [1.807, 2.05) is 31.2 Å². The molecule has 0 unspecified atom stereocenters. The van der Waals surface area contributed by atoms with Gasteiger partial charge < -0.3 is 14.2 Å². The molecule has 7 heteroatoms. The van der Waals surface area contributed by atoms with E-state index in [4.69, 9.17) is 14.2 Å². The van der Waals surface area contributed by atoms with E-state index in [0.717, 1.165) is 32.2 Å². The van der Waals surface area contributed by atoms with Crippen molar-refractivity contribution < 1.29 is 23.8 Å². The monoisotopic (exact) mass is 492 g/mol. The second-order valence-electron chi connectivity index (χ2n) is 10.2. The van der Waals surface area contributed by atoms with Gasteiger partial charge in [0.1, 0.15) is 5.75 Å². The van der Waals surface area contributed by atoms with Gasteiger partial charge in [-0.25, -0.2) is 9.69 Å². The lowest BCUT2D eigenvalue weighted by atomic mass is 9.72. The molecule has 0 radical (unpaired) electrons. The van der Waals surface area contributed by atoms with E-state index < -0.39 is 11.9 Å². The number of carbonyl (C=O) groups is 2. The van der Waals surface area contributed by atoms with Crippen LogP contribution < -0.4 is 4.74 Å². The Morgan fingerprint density at radius 3 is 2.44 bits per heavy atom. The quantitative estimate of drug-likeness (QED) is 0.574. The van der Waals surface area contributed by atoms with Gasteiger partial charge >= 0.3 is 6.09 Å². The van der Waals surface area contributed by atoms with Crippen LogP contribution >= 0.6 is 0 Å². The zero-order valence-corrected chi connectivity index (χ0v) is 21.0. The van der Waals surface area contributed by atoms with Crippen LogP contribution in [0.4, 0.5) is 4.79 Å². The Morgan fingerprint density at radius 2 is 1.75 bits per heavy atom. The first-order valence-corrected chi connectivity index (χ1v) is 13.2. The van der Waals surface area contributed by atoms with Crippen LogP contribution in [0.1, 0.15) is 44.6 Å². The van der Waals surface area contributed by atoms with Gasteiger partial charge in [-0.1, -0.05) is 55.5 Å². The molecule has 2 heterocycles. The number of likely N-dealkylation sites (tertiary alicyclic amines) is 1. The van der Waals surface area contributed by atoms with Gasteiger partial charge in [-0.15, -0.1) is 0 Å². The number of carbonyl (C=O) groups excluding carboxylic acids is 2. The van der Waals surface area contributed by atoms with Crippen molar-refractivity contribution in [3.63, 3.8) is 0 Å². The summed E-state index contributed by atoms with van der Waals surface area (Å²) in [4.78, 5) is 30.7. The molecule has 3 aliphatic rings. The lowest BCUT2D eigenvalue weighted by Crippen LogP contribution is -2.57. The molecule has 36 heavy (non-hydrogen) atoms. The molecular weight excluding hydrogens is 456 g/mol. The Bertz CT molecular complexity index is 1020. The largest absolute Gasteiger partial charge is 0.421 e. The summed E-state index contributed by atoms with van der Waals surface area (Å²) in [7, 11) is 0. The third kappa shape index (κ3) is 5.48. The van der Waals surface area contributed by atoms with Gasteiger partial charge in [-0.3, -0.25) is 9.69 Å². The third-order valence-electron chi connectivity index (χ3n) is 7.72. The van der Waals surface area contributed by atoms with E-state index in [2.05, 4.69) is 29.2 Å². The Balaban J connectivity index is 1.36. The molecule has 1 spiro atoms. The molecule has 3 fully saturated rings. The summed E-state index contributed by atoms with van der Waals surface area (Å²) < 4.78 is 17.7. The minimum atomic E-state index is -0.604. The highest BCUT2D eigenvalue weighted by atomic mass is 16.7. The van der Waals surface area contributed by atoms with Gasteiger partial charge in [0.05, 0.1) is 19.1 Å². The van der Waals surface area contributed by atoms with Crippen molar-refractivity contribution in [2.45, 2.75) is 57.4 Å². The van der Waals surface area contributed by atoms with Crippen LogP contribution in [0.3, 0.4) is 0 Å². The maximum absolute atomic E-state index is 13.8. The van der Waals surface area contributed by atoms with Gasteiger partial charge in [0.15, 0.2) is 5.79 Å². The van der Waals surface area contributed by atoms with Crippen molar-refractivity contribution >= 4 is 12.0 Å². The highest BCUT2D eigenvalue weighted by molar-refractivity contribution is 5.94. The van der Waals surface area contributed by atoms with E-state index in [1.165, 1.54) is 10.5 Å². The van der Waals surface area contributed by atoms with Crippen LogP contribution in [0, 0.1) is 11.8 Å². The molecule has 0 bridgehead atoms. The number of fused-ring (bicyclic) bond motifs is 1. The number of piperidine rings is 1. The van der Waals surface area contributed by atoms with Crippen LogP contribution in [-0.4, -0.2) is 59.9 Å². The first-order valence-electron chi connectivity index (χ1n) is 13.2. The van der Waals surface area contributed by atoms with Crippen molar-refractivity contribution in [1.29, 1.82) is 0 Å². The molecular formula is C29H36N2O5. The molecule has 2 aliphatic heterocycles. The third-order valence-corrected chi connectivity index (χ3v) is 7.72. The van der Waals surface area contributed by atoms with Crippen LogP contribution in [0.2, 0.25) is 0 Å². The first-order chi connectivity index (χ1) is 17.6. The second-order valence-corrected chi connectivity index (χ2v) is 10.2. The molecule has 1 aliphatic carbocycles. The minimum Gasteiger partial charge on any atom is -0.410 e. The summed E-state index contributed by atoms with van der Waals surface area (Å²) >= 11 is 0. The molecule has 0 N–H and O–H groups in total. The number of hydrogen-bond acceptors (Lipinski definition) is 6. The molecule has 2 aromatic rings. The Kier molecular flexibility index (Phi) is 7.70. The Morgan fingerprint density at radius 1 is 1.06 bits per heavy atom. The lowest BCUT2D eigenvalue weighted by Gasteiger charge is -2.50. The van der Waals surface area contributed by atoms with Gasteiger partial charge in [-0.2, -0.15) is 0 Å². The zero-order chi connectivity index (χ0) is 25.0. The van der Waals surface area contributed by atoms with Crippen LogP contribution in [0.5, 0.6) is 5.75 Å². The predicted octanol–water partition coefficient (Wildman–Crippen LogP) is 4.86. The normalized spacial score (nSPS) is 25.3. The molecule has 2 amide bonds. The average Bonchev–Trinajstić information content (AvgIpc) is 3.35. The number of benzene rings is 2. The SMILES string of the molecule is CCCN(C(=O)Oc1ccccc1)C(=O)[C@@H]1C[C@@H]2CC3(CC[C@H]2N(Cc2ccccc2)C1)OCCO3. The maximum Gasteiger partial charge on any atom is 0.421 e. The molecule has 192 valence electrons. The van der Waals surface area contributed by atoms with E-state index in [1.54, 1.807) is 12.1 Å². The van der Waals surface area contributed by atoms with E-state index >= 15 is 0 Å². The summed E-state index contributed by atoms with van der Waals surface area (Å²) in [6, 6.07) is 19.7. The fourth-order valence-electron chi connectivity index (χ4n) is 6.14. The number of hydrogen-bond donors (Lipinski definition) is 0. The first kappa shape index (κ1) is 24.9. The highest BCUT2D eigenvalue weighted by Crippen LogP contribution is 2.46. The average molecular weight is 493 g/mol. The topological polar surface area (TPSA) is 68.3 Å². The van der Waals surface area contributed by atoms with Gasteiger partial charge in [-0.05, 0) is 42.9 Å². The molecule has 0 aromatic heterocycles. The smallest absolute Gasteiger partial charge is 0.410 e. The van der Waals surface area contributed by atoms with Crippen LogP contribution in [-0.2, 0) is 20.8 Å². The Hall–Kier alpha value is -2.74. The fraction of sp³-hybridized carbons (Fsp3) is 0.517. The summed E-state index contributed by atoms with van der Waals surface area (Å²) in [5.41, 5.74) is 1.23. The van der Waals surface area contributed by atoms with Crippen molar-refractivity contribution in [3.8, 4) is 5.75 Å². The van der Waals surface area contributed by atoms with Crippen molar-refractivity contribution in [2.24, 2.45) is 11.8 Å². The maximum atomic E-state index is 13.8. The van der Waals surface area contributed by atoms with Crippen molar-refractivity contribution in [1.82, 2.24) is 9.80 Å².